The zero-order valence-electron chi connectivity index (χ0n) is 25.6. The Balaban J connectivity index is 1.30. The molecule has 0 radical (unpaired) electrons. The second kappa shape index (κ2) is 15.6. The molecule has 40 heavy (non-hydrogen) atoms. The Labute approximate surface area is 244 Å². The van der Waals surface area contributed by atoms with Crippen molar-refractivity contribution in [2.45, 2.75) is 140 Å². The largest absolute Gasteiger partial charge is 0.508 e. The number of hydrogen-bond acceptors (Lipinski definition) is 3. The first-order valence-electron chi connectivity index (χ1n) is 16.5. The molecule has 3 nitrogen and oxygen atoms in total. The number of benzene rings is 2. The maximum Gasteiger partial charge on any atom is 0.508 e. The average molecular weight is 547 g/mol. The van der Waals surface area contributed by atoms with Crippen LogP contribution in [0.4, 0.5) is 4.79 Å². The van der Waals surface area contributed by atoms with Crippen molar-refractivity contribution in [3.05, 3.63) is 59.7 Å². The Bertz CT molecular complexity index is 993. The first-order chi connectivity index (χ1) is 19.6. The minimum Gasteiger partial charge on any atom is -0.438 e. The highest BCUT2D eigenvalue weighted by atomic mass is 16.7. The van der Waals surface area contributed by atoms with Crippen LogP contribution in [-0.2, 0) is 9.47 Å². The van der Waals surface area contributed by atoms with Crippen molar-refractivity contribution >= 4 is 6.16 Å². The number of rotatable bonds is 13. The van der Waals surface area contributed by atoms with Crippen LogP contribution in [0.3, 0.4) is 0 Å². The van der Waals surface area contributed by atoms with Crippen molar-refractivity contribution < 1.29 is 14.3 Å². The van der Waals surface area contributed by atoms with Crippen molar-refractivity contribution in [1.82, 2.24) is 0 Å². The molecule has 0 spiro atoms. The molecule has 0 aliphatic heterocycles. The Morgan fingerprint density at radius 2 is 1.23 bits per heavy atom. The first-order valence-corrected chi connectivity index (χ1v) is 16.5. The molecule has 220 valence electrons. The topological polar surface area (TPSA) is 35.5 Å². The molecule has 2 fully saturated rings. The number of carbonyl (C=O) groups is 1. The van der Waals surface area contributed by atoms with Crippen LogP contribution in [0.25, 0.3) is 11.1 Å². The summed E-state index contributed by atoms with van der Waals surface area (Å²) in [7, 11) is 1.41. The molecule has 0 N–H and O–H groups in total. The summed E-state index contributed by atoms with van der Waals surface area (Å²) in [6.45, 7) is 4.55. The molecule has 2 aromatic rings. The van der Waals surface area contributed by atoms with Crippen molar-refractivity contribution in [3.8, 4) is 11.1 Å². The molecule has 4 rings (SSSR count). The Kier molecular flexibility index (Phi) is 12.0. The normalized spacial score (nSPS) is 24.9. The molecule has 0 heterocycles. The third kappa shape index (κ3) is 8.60. The van der Waals surface area contributed by atoms with E-state index in [2.05, 4.69) is 62.4 Å². The summed E-state index contributed by atoms with van der Waals surface area (Å²) in [5.74, 6) is 2.23. The van der Waals surface area contributed by atoms with Gasteiger partial charge < -0.3 is 9.47 Å². The number of hydrogen-bond donors (Lipinski definition) is 0. The van der Waals surface area contributed by atoms with Crippen LogP contribution in [0.1, 0.15) is 146 Å². The summed E-state index contributed by atoms with van der Waals surface area (Å²) in [6.07, 6.45) is 20.2. The van der Waals surface area contributed by atoms with Gasteiger partial charge in [-0.2, -0.15) is 0 Å². The Morgan fingerprint density at radius 3 is 1.75 bits per heavy atom. The van der Waals surface area contributed by atoms with Gasteiger partial charge in [0.05, 0.1) is 7.11 Å². The molecule has 2 saturated carbocycles. The summed E-state index contributed by atoms with van der Waals surface area (Å²) in [5.41, 5.74) is 5.19. The van der Waals surface area contributed by atoms with E-state index < -0.39 is 6.16 Å². The van der Waals surface area contributed by atoms with Crippen LogP contribution in [0.2, 0.25) is 0 Å². The highest BCUT2D eigenvalue weighted by Crippen LogP contribution is 2.43. The quantitative estimate of drug-likeness (QED) is 0.185. The minimum atomic E-state index is -0.526. The highest BCUT2D eigenvalue weighted by Gasteiger charge is 2.39. The van der Waals surface area contributed by atoms with Crippen molar-refractivity contribution in [2.24, 2.45) is 5.92 Å². The third-order valence-electron chi connectivity index (χ3n) is 10.0. The molecule has 3 heteroatoms. The van der Waals surface area contributed by atoms with Gasteiger partial charge in [0.2, 0.25) is 0 Å². The van der Waals surface area contributed by atoms with Gasteiger partial charge in [0.1, 0.15) is 5.60 Å². The van der Waals surface area contributed by atoms with Gasteiger partial charge in [0.25, 0.3) is 0 Å². The van der Waals surface area contributed by atoms with Gasteiger partial charge in [-0.15, -0.1) is 0 Å². The second-order valence-electron chi connectivity index (χ2n) is 12.8. The average Bonchev–Trinajstić information content (AvgIpc) is 3.01. The van der Waals surface area contributed by atoms with Crippen molar-refractivity contribution in [3.63, 3.8) is 0 Å². The first kappa shape index (κ1) is 30.7. The molecule has 0 saturated heterocycles. The SMILES string of the molecule is CCCCCCCC1(OC(=O)OC)CCC(c2ccc(-c3ccc([C@H]4CC[C@H](CCCC)CC4)cc3)cc2)CC1. The smallest absolute Gasteiger partial charge is 0.438 e. The summed E-state index contributed by atoms with van der Waals surface area (Å²) in [4.78, 5) is 12.1. The molecule has 2 aromatic carbocycles. The van der Waals surface area contributed by atoms with Gasteiger partial charge in [0.15, 0.2) is 0 Å². The summed E-state index contributed by atoms with van der Waals surface area (Å²) < 4.78 is 10.8. The van der Waals surface area contributed by atoms with Gasteiger partial charge in [-0.25, -0.2) is 4.79 Å². The predicted octanol–water partition coefficient (Wildman–Crippen LogP) is 11.4. The van der Waals surface area contributed by atoms with E-state index in [1.807, 2.05) is 0 Å². The molecule has 0 aromatic heterocycles. The van der Waals surface area contributed by atoms with Crippen LogP contribution in [0.5, 0.6) is 0 Å². The zero-order valence-corrected chi connectivity index (χ0v) is 25.6. The Hall–Kier alpha value is -2.29. The lowest BCUT2D eigenvalue weighted by molar-refractivity contribution is -0.0574. The van der Waals surface area contributed by atoms with E-state index >= 15 is 0 Å². The van der Waals surface area contributed by atoms with Crippen molar-refractivity contribution in [1.29, 1.82) is 0 Å². The number of ether oxygens (including phenoxy) is 2. The summed E-state index contributed by atoms with van der Waals surface area (Å²) in [6, 6.07) is 18.7. The number of methoxy groups -OCH3 is 1. The van der Waals surface area contributed by atoms with Gasteiger partial charge in [-0.05, 0) is 104 Å². The van der Waals surface area contributed by atoms with E-state index in [4.69, 9.17) is 9.47 Å². The highest BCUT2D eigenvalue weighted by molar-refractivity contribution is 5.64. The van der Waals surface area contributed by atoms with E-state index in [1.54, 1.807) is 0 Å². The van der Waals surface area contributed by atoms with Gasteiger partial charge in [0, 0.05) is 0 Å². The van der Waals surface area contributed by atoms with Crippen LogP contribution >= 0.6 is 0 Å². The fourth-order valence-corrected chi connectivity index (χ4v) is 7.32. The molecule has 0 atom stereocenters. The van der Waals surface area contributed by atoms with E-state index in [9.17, 15) is 4.79 Å². The van der Waals surface area contributed by atoms with E-state index in [0.29, 0.717) is 5.92 Å². The standard InChI is InChI=1S/C37H54O3/c1-4-6-8-9-10-26-37(40-36(38)39-3)27-24-35(25-28-37)34-22-20-33(21-23-34)32-18-16-31(17-19-32)30-14-12-29(13-15-30)11-7-5-2/h16-23,29-30,35H,4-15,24-28H2,1-3H3/t29-,30-,35?,37?. The molecule has 0 amide bonds. The van der Waals surface area contributed by atoms with Crippen LogP contribution < -0.4 is 0 Å². The maximum atomic E-state index is 12.1. The van der Waals surface area contributed by atoms with Gasteiger partial charge in [-0.1, -0.05) is 107 Å². The molecule has 0 bridgehead atoms. The van der Waals surface area contributed by atoms with Crippen LogP contribution in [0.15, 0.2) is 48.5 Å². The lowest BCUT2D eigenvalue weighted by atomic mass is 9.74. The third-order valence-corrected chi connectivity index (χ3v) is 10.0. The monoisotopic (exact) mass is 546 g/mol. The molecular formula is C37H54O3. The number of carbonyl (C=O) groups excluding carboxylic acids is 1. The fraction of sp³-hybridized carbons (Fsp3) is 0.649. The summed E-state index contributed by atoms with van der Waals surface area (Å²) >= 11 is 0. The molecular weight excluding hydrogens is 492 g/mol. The lowest BCUT2D eigenvalue weighted by Gasteiger charge is -2.39. The molecule has 2 aliphatic rings. The van der Waals surface area contributed by atoms with E-state index in [0.717, 1.165) is 50.4 Å². The van der Waals surface area contributed by atoms with Crippen LogP contribution in [0, 0.1) is 5.92 Å². The summed E-state index contributed by atoms with van der Waals surface area (Å²) in [5, 5.41) is 0. The van der Waals surface area contributed by atoms with E-state index in [1.165, 1.54) is 100.0 Å². The predicted molar refractivity (Wildman–Crippen MR) is 167 cm³/mol. The minimum absolute atomic E-state index is 0.355. The fourth-order valence-electron chi connectivity index (χ4n) is 7.32. The molecule has 0 unspecified atom stereocenters. The van der Waals surface area contributed by atoms with Crippen LogP contribution in [-0.4, -0.2) is 18.9 Å². The number of unbranched alkanes of at least 4 members (excludes halogenated alkanes) is 5. The lowest BCUT2D eigenvalue weighted by Crippen LogP contribution is -2.39. The molecule has 2 aliphatic carbocycles. The maximum absolute atomic E-state index is 12.1. The zero-order chi connectivity index (χ0) is 28.2. The van der Waals surface area contributed by atoms with Gasteiger partial charge >= 0.3 is 6.16 Å². The van der Waals surface area contributed by atoms with Gasteiger partial charge in [-0.3, -0.25) is 0 Å². The van der Waals surface area contributed by atoms with Crippen molar-refractivity contribution in [2.75, 3.05) is 7.11 Å². The van der Waals surface area contributed by atoms with E-state index in [-0.39, 0.29) is 5.60 Å². The Morgan fingerprint density at radius 1 is 0.700 bits per heavy atom. The second-order valence-corrected chi connectivity index (χ2v) is 12.8.